The molecule has 3 rings (SSSR count). The number of aromatic amines is 1. The zero-order chi connectivity index (χ0) is 12.7. The van der Waals surface area contributed by atoms with E-state index in [0.29, 0.717) is 19.5 Å². The summed E-state index contributed by atoms with van der Waals surface area (Å²) in [5.41, 5.74) is 9.15. The molecule has 0 amide bonds. The van der Waals surface area contributed by atoms with Crippen molar-refractivity contribution in [3.05, 3.63) is 23.1 Å². The summed E-state index contributed by atoms with van der Waals surface area (Å²) in [6, 6.07) is 0. The molecular formula is C11H13N5O2. The molecular weight excluding hydrogens is 234 g/mol. The van der Waals surface area contributed by atoms with Gasteiger partial charge in [-0.1, -0.05) is 0 Å². The molecule has 0 aliphatic heterocycles. The molecule has 2 aromatic rings. The van der Waals surface area contributed by atoms with Gasteiger partial charge < -0.3 is 10.8 Å². The largest absolute Gasteiger partial charge is 0.477 e. The molecule has 7 nitrogen and oxygen atoms in total. The van der Waals surface area contributed by atoms with Gasteiger partial charge in [0.15, 0.2) is 0 Å². The van der Waals surface area contributed by atoms with Crippen molar-refractivity contribution >= 4 is 5.97 Å². The van der Waals surface area contributed by atoms with Gasteiger partial charge in [0, 0.05) is 23.4 Å². The highest BCUT2D eigenvalue weighted by molar-refractivity contribution is 5.90. The van der Waals surface area contributed by atoms with Crippen LogP contribution in [-0.2, 0) is 19.4 Å². The van der Waals surface area contributed by atoms with Crippen LogP contribution in [-0.4, -0.2) is 37.6 Å². The number of carboxylic acid groups (broad SMARTS) is 1. The van der Waals surface area contributed by atoms with Gasteiger partial charge in [0.05, 0.1) is 18.4 Å². The van der Waals surface area contributed by atoms with E-state index in [0.717, 1.165) is 28.9 Å². The van der Waals surface area contributed by atoms with Crippen LogP contribution in [0.25, 0.3) is 11.3 Å². The third-order valence-electron chi connectivity index (χ3n) is 3.19. The fraction of sp³-hybridized carbons (Fsp3) is 0.364. The summed E-state index contributed by atoms with van der Waals surface area (Å²) in [4.78, 5) is 11.4. The predicted molar refractivity (Wildman–Crippen MR) is 63.2 cm³/mol. The van der Waals surface area contributed by atoms with Crippen molar-refractivity contribution in [3.8, 4) is 11.3 Å². The molecule has 2 heterocycles. The summed E-state index contributed by atoms with van der Waals surface area (Å²) in [6.07, 6.45) is 3.12. The van der Waals surface area contributed by atoms with Gasteiger partial charge >= 0.3 is 5.97 Å². The minimum atomic E-state index is -0.954. The Morgan fingerprint density at radius 3 is 3.11 bits per heavy atom. The Hall–Kier alpha value is -2.15. The maximum absolute atomic E-state index is 11.4. The van der Waals surface area contributed by atoms with E-state index in [9.17, 15) is 9.90 Å². The minimum absolute atomic E-state index is 0.252. The first kappa shape index (κ1) is 11.0. The van der Waals surface area contributed by atoms with E-state index in [2.05, 4.69) is 15.3 Å². The molecule has 0 saturated heterocycles. The number of aromatic carboxylic acids is 1. The monoisotopic (exact) mass is 247 g/mol. The number of hydrogen-bond acceptors (Lipinski definition) is 4. The van der Waals surface area contributed by atoms with Crippen LogP contribution >= 0.6 is 0 Å². The second-order valence-corrected chi connectivity index (χ2v) is 4.25. The first-order valence-corrected chi connectivity index (χ1v) is 5.78. The van der Waals surface area contributed by atoms with Gasteiger partial charge in [-0.25, -0.2) is 4.79 Å². The number of fused-ring (bicyclic) bond motifs is 3. The van der Waals surface area contributed by atoms with E-state index in [-0.39, 0.29) is 5.69 Å². The number of carboxylic acids is 1. The van der Waals surface area contributed by atoms with Crippen LogP contribution in [0.1, 0.15) is 21.7 Å². The van der Waals surface area contributed by atoms with Gasteiger partial charge in [0.25, 0.3) is 0 Å². The summed E-state index contributed by atoms with van der Waals surface area (Å²) >= 11 is 0. The van der Waals surface area contributed by atoms with Crippen molar-refractivity contribution in [2.24, 2.45) is 5.73 Å². The second kappa shape index (κ2) is 3.95. The molecule has 1 aliphatic rings. The summed E-state index contributed by atoms with van der Waals surface area (Å²) < 4.78 is 1.48. The highest BCUT2D eigenvalue weighted by Crippen LogP contribution is 2.33. The second-order valence-electron chi connectivity index (χ2n) is 4.25. The maximum Gasteiger partial charge on any atom is 0.354 e. The number of nitrogens with two attached hydrogens (primary N) is 1. The normalized spacial score (nSPS) is 13.2. The van der Waals surface area contributed by atoms with Crippen molar-refractivity contribution in [2.75, 3.05) is 6.54 Å². The van der Waals surface area contributed by atoms with Crippen molar-refractivity contribution in [2.45, 2.75) is 19.4 Å². The third-order valence-corrected chi connectivity index (χ3v) is 3.19. The quantitative estimate of drug-likeness (QED) is 0.708. The smallest absolute Gasteiger partial charge is 0.354 e. The standard InChI is InChI=1S/C11H13N5O2/c12-3-4-16-10(11(17)18)6-1-2-8-7(5-13-14-8)9(6)15-16/h5H,1-4,12H2,(H,13,14)(H,17,18). The van der Waals surface area contributed by atoms with Gasteiger partial charge in [-0.3, -0.25) is 9.78 Å². The molecule has 0 radical (unpaired) electrons. The molecule has 2 aromatic heterocycles. The molecule has 0 bridgehead atoms. The zero-order valence-electron chi connectivity index (χ0n) is 9.68. The van der Waals surface area contributed by atoms with E-state index in [1.165, 1.54) is 4.68 Å². The van der Waals surface area contributed by atoms with Crippen molar-refractivity contribution in [3.63, 3.8) is 0 Å². The average Bonchev–Trinajstić information content (AvgIpc) is 2.90. The highest BCUT2D eigenvalue weighted by Gasteiger charge is 2.28. The molecule has 0 fully saturated rings. The summed E-state index contributed by atoms with van der Waals surface area (Å²) in [6.45, 7) is 0.765. The highest BCUT2D eigenvalue weighted by atomic mass is 16.4. The predicted octanol–water partition coefficient (Wildman–Crippen LogP) is 0.0287. The van der Waals surface area contributed by atoms with Crippen LogP contribution in [0.3, 0.4) is 0 Å². The Morgan fingerprint density at radius 1 is 1.56 bits per heavy atom. The van der Waals surface area contributed by atoms with Crippen molar-refractivity contribution in [1.82, 2.24) is 20.0 Å². The van der Waals surface area contributed by atoms with Crippen LogP contribution in [0.15, 0.2) is 6.20 Å². The van der Waals surface area contributed by atoms with E-state index < -0.39 is 5.97 Å². The van der Waals surface area contributed by atoms with Gasteiger partial charge in [-0.2, -0.15) is 10.2 Å². The van der Waals surface area contributed by atoms with Crippen LogP contribution < -0.4 is 5.73 Å². The molecule has 0 aromatic carbocycles. The molecule has 94 valence electrons. The van der Waals surface area contributed by atoms with Crippen molar-refractivity contribution in [1.29, 1.82) is 0 Å². The minimum Gasteiger partial charge on any atom is -0.477 e. The fourth-order valence-electron chi connectivity index (χ4n) is 2.43. The lowest BCUT2D eigenvalue weighted by atomic mass is 9.94. The summed E-state index contributed by atoms with van der Waals surface area (Å²) in [5.74, 6) is -0.954. The Bertz CT molecular complexity index is 613. The molecule has 18 heavy (non-hydrogen) atoms. The molecule has 7 heteroatoms. The summed E-state index contributed by atoms with van der Waals surface area (Å²) in [7, 11) is 0. The van der Waals surface area contributed by atoms with E-state index in [1.807, 2.05) is 0 Å². The summed E-state index contributed by atoms with van der Waals surface area (Å²) in [5, 5.41) is 20.6. The number of carbonyl (C=O) groups is 1. The SMILES string of the molecule is NCCn1nc2c(c1C(=O)O)CCc1[nH]ncc1-2. The number of aryl methyl sites for hydroxylation is 1. The number of H-pyrrole nitrogens is 1. The zero-order valence-corrected chi connectivity index (χ0v) is 9.68. The number of nitrogens with one attached hydrogen (secondary N) is 1. The first-order chi connectivity index (χ1) is 8.72. The van der Waals surface area contributed by atoms with E-state index in [4.69, 9.17) is 5.73 Å². The molecule has 0 spiro atoms. The lowest BCUT2D eigenvalue weighted by Gasteiger charge is -2.09. The van der Waals surface area contributed by atoms with E-state index in [1.54, 1.807) is 6.20 Å². The lowest BCUT2D eigenvalue weighted by molar-refractivity contribution is 0.0682. The maximum atomic E-state index is 11.4. The van der Waals surface area contributed by atoms with Gasteiger partial charge in [-0.15, -0.1) is 0 Å². The first-order valence-electron chi connectivity index (χ1n) is 5.78. The van der Waals surface area contributed by atoms with Crippen LogP contribution in [0.4, 0.5) is 0 Å². The van der Waals surface area contributed by atoms with Crippen LogP contribution in [0, 0.1) is 0 Å². The number of nitrogens with zero attached hydrogens (tertiary/aromatic N) is 3. The lowest BCUT2D eigenvalue weighted by Crippen LogP contribution is -2.17. The fourth-order valence-corrected chi connectivity index (χ4v) is 2.43. The Morgan fingerprint density at radius 2 is 2.39 bits per heavy atom. The van der Waals surface area contributed by atoms with Crippen LogP contribution in [0.5, 0.6) is 0 Å². The molecule has 0 atom stereocenters. The van der Waals surface area contributed by atoms with Gasteiger partial charge in [0.1, 0.15) is 5.69 Å². The Labute approximate surface area is 103 Å². The Balaban J connectivity index is 2.20. The molecule has 1 aliphatic carbocycles. The third kappa shape index (κ3) is 1.44. The number of hydrogen-bond donors (Lipinski definition) is 3. The average molecular weight is 247 g/mol. The molecule has 0 unspecified atom stereocenters. The molecule has 4 N–H and O–H groups in total. The van der Waals surface area contributed by atoms with E-state index >= 15 is 0 Å². The topological polar surface area (TPSA) is 110 Å². The number of rotatable bonds is 3. The van der Waals surface area contributed by atoms with Crippen molar-refractivity contribution < 1.29 is 9.90 Å². The van der Waals surface area contributed by atoms with Crippen LogP contribution in [0.2, 0.25) is 0 Å². The van der Waals surface area contributed by atoms with Gasteiger partial charge in [-0.05, 0) is 12.8 Å². The molecule has 0 saturated carbocycles. The van der Waals surface area contributed by atoms with Gasteiger partial charge in [0.2, 0.25) is 0 Å². The number of aromatic nitrogens is 4. The Kier molecular flexibility index (Phi) is 2.41.